The van der Waals surface area contributed by atoms with E-state index in [2.05, 4.69) is 15.0 Å². The third kappa shape index (κ3) is 2.73. The monoisotopic (exact) mass is 366 g/mol. The second-order valence-corrected chi connectivity index (χ2v) is 6.78. The lowest BCUT2D eigenvalue weighted by atomic mass is 9.97. The molecule has 1 aromatic carbocycles. The van der Waals surface area contributed by atoms with E-state index in [4.69, 9.17) is 9.47 Å². The number of carbonyl (C=O) groups is 1. The van der Waals surface area contributed by atoms with E-state index in [-0.39, 0.29) is 12.7 Å². The van der Waals surface area contributed by atoms with Gasteiger partial charge in [0.25, 0.3) is 0 Å². The van der Waals surface area contributed by atoms with Crippen molar-refractivity contribution in [3.8, 4) is 22.8 Å². The molecule has 8 nitrogen and oxygen atoms in total. The van der Waals surface area contributed by atoms with Gasteiger partial charge in [-0.25, -0.2) is 9.50 Å². The standard InChI is InChI=1S/C19H18N4O4/c24-19(25)12-3-6-22(7-4-12)18-15-10-14(21-23(15)8-5-20-18)13-1-2-16-17(9-13)27-11-26-16/h1-2,5,8-10,12H,3-4,6-7,11H2,(H,24,25). The first-order valence-corrected chi connectivity index (χ1v) is 8.91. The average molecular weight is 366 g/mol. The van der Waals surface area contributed by atoms with Crippen molar-refractivity contribution >= 4 is 17.3 Å². The lowest BCUT2D eigenvalue weighted by Gasteiger charge is -2.31. The van der Waals surface area contributed by atoms with Gasteiger partial charge in [-0.15, -0.1) is 0 Å². The maximum Gasteiger partial charge on any atom is 0.306 e. The number of aliphatic carboxylic acids is 1. The summed E-state index contributed by atoms with van der Waals surface area (Å²) >= 11 is 0. The van der Waals surface area contributed by atoms with E-state index in [1.54, 1.807) is 6.20 Å². The summed E-state index contributed by atoms with van der Waals surface area (Å²) in [6.07, 6.45) is 4.80. The van der Waals surface area contributed by atoms with E-state index in [0.717, 1.165) is 34.1 Å². The summed E-state index contributed by atoms with van der Waals surface area (Å²) in [5.41, 5.74) is 2.67. The van der Waals surface area contributed by atoms with E-state index in [9.17, 15) is 9.90 Å². The van der Waals surface area contributed by atoms with Crippen LogP contribution >= 0.6 is 0 Å². The SMILES string of the molecule is O=C(O)C1CCN(c2nccn3nc(-c4ccc5c(c4)OCO5)cc23)CC1. The molecule has 8 heteroatoms. The van der Waals surface area contributed by atoms with Crippen molar-refractivity contribution in [1.29, 1.82) is 0 Å². The van der Waals surface area contributed by atoms with Crippen molar-refractivity contribution in [2.45, 2.75) is 12.8 Å². The number of hydrogen-bond acceptors (Lipinski definition) is 6. The molecule has 138 valence electrons. The molecule has 0 aliphatic carbocycles. The van der Waals surface area contributed by atoms with Crippen LogP contribution in [0.2, 0.25) is 0 Å². The molecule has 0 amide bonds. The minimum absolute atomic E-state index is 0.240. The topological polar surface area (TPSA) is 89.2 Å². The van der Waals surface area contributed by atoms with E-state index < -0.39 is 5.97 Å². The molecule has 0 bridgehead atoms. The smallest absolute Gasteiger partial charge is 0.306 e. The molecule has 1 fully saturated rings. The van der Waals surface area contributed by atoms with Gasteiger partial charge in [0.2, 0.25) is 6.79 Å². The average Bonchev–Trinajstić information content (AvgIpc) is 3.33. The highest BCUT2D eigenvalue weighted by molar-refractivity contribution is 5.77. The fourth-order valence-electron chi connectivity index (χ4n) is 3.69. The minimum atomic E-state index is -0.713. The van der Waals surface area contributed by atoms with E-state index >= 15 is 0 Å². The van der Waals surface area contributed by atoms with Crippen LogP contribution in [0.3, 0.4) is 0 Å². The molecule has 0 atom stereocenters. The van der Waals surface area contributed by atoms with Gasteiger partial charge in [-0.2, -0.15) is 5.10 Å². The van der Waals surface area contributed by atoms with Crippen LogP contribution in [0.15, 0.2) is 36.7 Å². The summed E-state index contributed by atoms with van der Waals surface area (Å²) in [6, 6.07) is 7.77. The zero-order valence-electron chi connectivity index (χ0n) is 14.5. The molecule has 2 aliphatic heterocycles. The molecule has 2 aromatic heterocycles. The zero-order valence-corrected chi connectivity index (χ0v) is 14.5. The highest BCUT2D eigenvalue weighted by Crippen LogP contribution is 2.36. The fraction of sp³-hybridized carbons (Fsp3) is 0.316. The van der Waals surface area contributed by atoms with Crippen molar-refractivity contribution < 1.29 is 19.4 Å². The Morgan fingerprint density at radius 1 is 1.15 bits per heavy atom. The molecule has 1 N–H and O–H groups in total. The highest BCUT2D eigenvalue weighted by atomic mass is 16.7. The molecule has 0 spiro atoms. The van der Waals surface area contributed by atoms with Gasteiger partial charge < -0.3 is 19.5 Å². The number of carboxylic acid groups (broad SMARTS) is 1. The number of fused-ring (bicyclic) bond motifs is 2. The molecule has 27 heavy (non-hydrogen) atoms. The van der Waals surface area contributed by atoms with Gasteiger partial charge in [0.1, 0.15) is 5.52 Å². The fourth-order valence-corrected chi connectivity index (χ4v) is 3.69. The van der Waals surface area contributed by atoms with Gasteiger partial charge in [-0.3, -0.25) is 4.79 Å². The van der Waals surface area contributed by atoms with Crippen LogP contribution in [0.4, 0.5) is 5.82 Å². The number of ether oxygens (including phenoxy) is 2. The number of rotatable bonds is 3. The maximum atomic E-state index is 11.2. The van der Waals surface area contributed by atoms with Crippen molar-refractivity contribution in [1.82, 2.24) is 14.6 Å². The Kier molecular flexibility index (Phi) is 3.63. The molecule has 0 saturated carbocycles. The van der Waals surface area contributed by atoms with Crippen molar-refractivity contribution in [2.24, 2.45) is 5.92 Å². The lowest BCUT2D eigenvalue weighted by Crippen LogP contribution is -2.37. The molecule has 0 radical (unpaired) electrons. The Balaban J connectivity index is 1.48. The third-order valence-corrected chi connectivity index (χ3v) is 5.18. The quantitative estimate of drug-likeness (QED) is 0.761. The molecule has 0 unspecified atom stereocenters. The lowest BCUT2D eigenvalue weighted by molar-refractivity contribution is -0.142. The Labute approximate surface area is 155 Å². The first-order valence-electron chi connectivity index (χ1n) is 8.91. The molecule has 4 heterocycles. The first-order chi connectivity index (χ1) is 13.2. The summed E-state index contributed by atoms with van der Waals surface area (Å²) in [7, 11) is 0. The van der Waals surface area contributed by atoms with Crippen LogP contribution in [0.5, 0.6) is 11.5 Å². The minimum Gasteiger partial charge on any atom is -0.481 e. The summed E-state index contributed by atoms with van der Waals surface area (Å²) in [5, 5.41) is 13.9. The van der Waals surface area contributed by atoms with Gasteiger partial charge in [0, 0.05) is 31.0 Å². The first kappa shape index (κ1) is 15.9. The van der Waals surface area contributed by atoms with E-state index in [0.29, 0.717) is 25.9 Å². The van der Waals surface area contributed by atoms with Crippen LogP contribution in [0, 0.1) is 5.92 Å². The van der Waals surface area contributed by atoms with E-state index in [1.165, 1.54) is 0 Å². The number of nitrogens with zero attached hydrogens (tertiary/aromatic N) is 4. The number of carboxylic acids is 1. The molecular weight excluding hydrogens is 348 g/mol. The Morgan fingerprint density at radius 3 is 2.78 bits per heavy atom. The largest absolute Gasteiger partial charge is 0.481 e. The van der Waals surface area contributed by atoms with Gasteiger partial charge in [-0.1, -0.05) is 0 Å². The summed E-state index contributed by atoms with van der Waals surface area (Å²) in [4.78, 5) is 17.9. The maximum absolute atomic E-state index is 11.2. The summed E-state index contributed by atoms with van der Waals surface area (Å²) in [5.74, 6) is 1.32. The number of anilines is 1. The normalized spacial score (nSPS) is 16.8. The van der Waals surface area contributed by atoms with Gasteiger partial charge in [0.05, 0.1) is 11.6 Å². The van der Waals surface area contributed by atoms with Crippen molar-refractivity contribution in [2.75, 3.05) is 24.8 Å². The number of piperidine rings is 1. The molecule has 3 aromatic rings. The van der Waals surface area contributed by atoms with E-state index in [1.807, 2.05) is 35.0 Å². The van der Waals surface area contributed by atoms with Gasteiger partial charge >= 0.3 is 5.97 Å². The Hall–Kier alpha value is -3.29. The summed E-state index contributed by atoms with van der Waals surface area (Å²) in [6.45, 7) is 1.59. The van der Waals surface area contributed by atoms with Crippen LogP contribution in [-0.2, 0) is 4.79 Å². The van der Waals surface area contributed by atoms with Gasteiger partial charge in [-0.05, 0) is 37.1 Å². The van der Waals surface area contributed by atoms with Crippen molar-refractivity contribution in [3.63, 3.8) is 0 Å². The summed E-state index contributed by atoms with van der Waals surface area (Å²) < 4.78 is 12.6. The van der Waals surface area contributed by atoms with Crippen LogP contribution in [0.1, 0.15) is 12.8 Å². The second-order valence-electron chi connectivity index (χ2n) is 6.78. The number of benzene rings is 1. The van der Waals surface area contributed by atoms with Crippen molar-refractivity contribution in [3.05, 3.63) is 36.7 Å². The Morgan fingerprint density at radius 2 is 1.96 bits per heavy atom. The molecule has 1 saturated heterocycles. The number of hydrogen-bond donors (Lipinski definition) is 1. The predicted molar refractivity (Wildman–Crippen MR) is 97.1 cm³/mol. The third-order valence-electron chi connectivity index (χ3n) is 5.18. The van der Waals surface area contributed by atoms with Crippen LogP contribution in [-0.4, -0.2) is 45.6 Å². The van der Waals surface area contributed by atoms with Crippen LogP contribution < -0.4 is 14.4 Å². The molecule has 5 rings (SSSR count). The predicted octanol–water partition coefficient (Wildman–Crippen LogP) is 2.43. The van der Waals surface area contributed by atoms with Crippen LogP contribution in [0.25, 0.3) is 16.8 Å². The second kappa shape index (κ2) is 6.15. The number of aromatic nitrogens is 3. The Bertz CT molecular complexity index is 1020. The van der Waals surface area contributed by atoms with Gasteiger partial charge in [0.15, 0.2) is 17.3 Å². The zero-order chi connectivity index (χ0) is 18.4. The molecular formula is C19H18N4O4. The molecule has 2 aliphatic rings. The highest BCUT2D eigenvalue weighted by Gasteiger charge is 2.26.